The highest BCUT2D eigenvalue weighted by molar-refractivity contribution is 5.91. The van der Waals surface area contributed by atoms with Gasteiger partial charge in [0.25, 0.3) is 5.91 Å². The number of ether oxygens (including phenoxy) is 1. The zero-order valence-electron chi connectivity index (χ0n) is 13.6. The number of nitrogens with zero attached hydrogens (tertiary/aromatic N) is 2. The third-order valence-electron chi connectivity index (χ3n) is 4.87. The van der Waals surface area contributed by atoms with Crippen molar-refractivity contribution in [2.75, 3.05) is 32.8 Å². The number of amides is 1. The molecule has 2 saturated heterocycles. The van der Waals surface area contributed by atoms with Crippen molar-refractivity contribution in [3.05, 3.63) is 48.3 Å². The standard InChI is InChI=1S/C18H22N2O4/c21-17(16-3-1-8-23-16)20-6-2-5-18(14-20)13-19(7-10-24-18)11-15-4-9-22-12-15/h1,3-4,8-9,12H,2,5-7,10-11,13-14H2/t18-/m1/s1. The second-order valence-electron chi connectivity index (χ2n) is 6.68. The first-order valence-corrected chi connectivity index (χ1v) is 8.44. The van der Waals surface area contributed by atoms with Gasteiger partial charge < -0.3 is 18.5 Å². The predicted molar refractivity (Wildman–Crippen MR) is 86.5 cm³/mol. The van der Waals surface area contributed by atoms with Gasteiger partial charge in [0.2, 0.25) is 0 Å². The SMILES string of the molecule is O=C(c1ccco1)N1CCC[C@@]2(CN(Cc3ccoc3)CCO2)C1. The summed E-state index contributed by atoms with van der Waals surface area (Å²) in [4.78, 5) is 16.8. The molecule has 0 unspecified atom stereocenters. The lowest BCUT2D eigenvalue weighted by molar-refractivity contribution is -0.136. The Morgan fingerprint density at radius 3 is 2.96 bits per heavy atom. The molecule has 2 aliphatic rings. The third kappa shape index (κ3) is 3.12. The molecule has 2 aliphatic heterocycles. The fraction of sp³-hybridized carbons (Fsp3) is 0.500. The van der Waals surface area contributed by atoms with E-state index < -0.39 is 0 Å². The Morgan fingerprint density at radius 2 is 2.17 bits per heavy atom. The van der Waals surface area contributed by atoms with Crippen LogP contribution in [-0.4, -0.2) is 54.1 Å². The van der Waals surface area contributed by atoms with Gasteiger partial charge in [-0.05, 0) is 31.0 Å². The van der Waals surface area contributed by atoms with E-state index in [2.05, 4.69) is 4.90 Å². The molecule has 0 saturated carbocycles. The lowest BCUT2D eigenvalue weighted by Crippen LogP contribution is -2.60. The average Bonchev–Trinajstić information content (AvgIpc) is 3.28. The van der Waals surface area contributed by atoms with Crippen LogP contribution in [0.4, 0.5) is 0 Å². The molecular weight excluding hydrogens is 308 g/mol. The van der Waals surface area contributed by atoms with Crippen LogP contribution in [0.3, 0.4) is 0 Å². The smallest absolute Gasteiger partial charge is 0.289 e. The summed E-state index contributed by atoms with van der Waals surface area (Å²) in [5, 5.41) is 0. The van der Waals surface area contributed by atoms with Gasteiger partial charge in [-0.15, -0.1) is 0 Å². The summed E-state index contributed by atoms with van der Waals surface area (Å²) in [7, 11) is 0. The van der Waals surface area contributed by atoms with E-state index in [1.165, 1.54) is 11.8 Å². The topological polar surface area (TPSA) is 59.1 Å². The lowest BCUT2D eigenvalue weighted by atomic mass is 9.90. The molecule has 0 aliphatic carbocycles. The second-order valence-corrected chi connectivity index (χ2v) is 6.68. The van der Waals surface area contributed by atoms with E-state index in [-0.39, 0.29) is 11.5 Å². The molecular formula is C18H22N2O4. The van der Waals surface area contributed by atoms with Crippen LogP contribution in [0.2, 0.25) is 0 Å². The van der Waals surface area contributed by atoms with Crippen molar-refractivity contribution < 1.29 is 18.4 Å². The molecule has 0 bridgehead atoms. The molecule has 0 aromatic carbocycles. The van der Waals surface area contributed by atoms with Crippen molar-refractivity contribution in [1.82, 2.24) is 9.80 Å². The number of likely N-dealkylation sites (tertiary alicyclic amines) is 1. The Hall–Kier alpha value is -2.05. The van der Waals surface area contributed by atoms with E-state index in [4.69, 9.17) is 13.6 Å². The lowest BCUT2D eigenvalue weighted by Gasteiger charge is -2.47. The average molecular weight is 330 g/mol. The van der Waals surface area contributed by atoms with Gasteiger partial charge in [0, 0.05) is 31.7 Å². The number of carbonyl (C=O) groups is 1. The van der Waals surface area contributed by atoms with Gasteiger partial charge >= 0.3 is 0 Å². The zero-order valence-corrected chi connectivity index (χ0v) is 13.6. The molecule has 0 N–H and O–H groups in total. The molecule has 24 heavy (non-hydrogen) atoms. The fourth-order valence-corrected chi connectivity index (χ4v) is 3.77. The van der Waals surface area contributed by atoms with Crippen molar-refractivity contribution in [2.24, 2.45) is 0 Å². The van der Waals surface area contributed by atoms with E-state index in [0.29, 0.717) is 18.9 Å². The third-order valence-corrected chi connectivity index (χ3v) is 4.87. The number of carbonyl (C=O) groups excluding carboxylic acids is 1. The number of hydrogen-bond donors (Lipinski definition) is 0. The van der Waals surface area contributed by atoms with Crippen LogP contribution in [0, 0.1) is 0 Å². The van der Waals surface area contributed by atoms with Crippen LogP contribution in [0.5, 0.6) is 0 Å². The molecule has 1 amide bonds. The quantitative estimate of drug-likeness (QED) is 0.865. The maximum Gasteiger partial charge on any atom is 0.289 e. The minimum absolute atomic E-state index is 0.0466. The molecule has 1 spiro atoms. The monoisotopic (exact) mass is 330 g/mol. The van der Waals surface area contributed by atoms with Gasteiger partial charge in [-0.3, -0.25) is 9.69 Å². The van der Waals surface area contributed by atoms with Crippen molar-refractivity contribution in [3.8, 4) is 0 Å². The largest absolute Gasteiger partial charge is 0.472 e. The second kappa shape index (κ2) is 6.45. The first-order chi connectivity index (χ1) is 11.7. The zero-order chi connectivity index (χ0) is 16.4. The molecule has 128 valence electrons. The van der Waals surface area contributed by atoms with E-state index in [1.54, 1.807) is 24.7 Å². The summed E-state index contributed by atoms with van der Waals surface area (Å²) in [5.74, 6) is 0.354. The van der Waals surface area contributed by atoms with E-state index in [1.807, 2.05) is 11.0 Å². The van der Waals surface area contributed by atoms with Crippen molar-refractivity contribution in [3.63, 3.8) is 0 Å². The Kier molecular flexibility index (Phi) is 4.16. The number of rotatable bonds is 3. The normalized spacial score (nSPS) is 25.2. The summed E-state index contributed by atoms with van der Waals surface area (Å²) < 4.78 is 16.6. The Labute approximate surface area is 141 Å². The number of morpholine rings is 1. The molecule has 6 heteroatoms. The summed E-state index contributed by atoms with van der Waals surface area (Å²) in [6.45, 7) is 4.66. The molecule has 2 aromatic heterocycles. The van der Waals surface area contributed by atoms with Crippen LogP contribution in [0.25, 0.3) is 0 Å². The van der Waals surface area contributed by atoms with Crippen LogP contribution >= 0.6 is 0 Å². The minimum Gasteiger partial charge on any atom is -0.472 e. The van der Waals surface area contributed by atoms with Crippen molar-refractivity contribution in [1.29, 1.82) is 0 Å². The fourth-order valence-electron chi connectivity index (χ4n) is 3.77. The number of furan rings is 2. The molecule has 0 radical (unpaired) electrons. The molecule has 4 rings (SSSR count). The van der Waals surface area contributed by atoms with Crippen LogP contribution in [-0.2, 0) is 11.3 Å². The van der Waals surface area contributed by atoms with Gasteiger partial charge in [0.1, 0.15) is 0 Å². The first kappa shape index (κ1) is 15.5. The summed E-state index contributed by atoms with van der Waals surface area (Å²) in [5.41, 5.74) is 0.897. The highest BCUT2D eigenvalue weighted by Gasteiger charge is 2.42. The first-order valence-electron chi connectivity index (χ1n) is 8.44. The Balaban J connectivity index is 1.44. The molecule has 2 fully saturated rings. The van der Waals surface area contributed by atoms with Gasteiger partial charge in [-0.25, -0.2) is 0 Å². The van der Waals surface area contributed by atoms with Gasteiger partial charge in [0.05, 0.1) is 37.5 Å². The Bertz CT molecular complexity index is 663. The number of hydrogen-bond acceptors (Lipinski definition) is 5. The van der Waals surface area contributed by atoms with E-state index in [0.717, 1.165) is 39.0 Å². The van der Waals surface area contributed by atoms with E-state index in [9.17, 15) is 4.79 Å². The predicted octanol–water partition coefficient (Wildman–Crippen LogP) is 2.38. The molecule has 2 aromatic rings. The van der Waals surface area contributed by atoms with Crippen LogP contribution in [0.15, 0.2) is 45.8 Å². The molecule has 6 nitrogen and oxygen atoms in total. The van der Waals surface area contributed by atoms with Gasteiger partial charge in [-0.1, -0.05) is 0 Å². The maximum absolute atomic E-state index is 12.6. The maximum atomic E-state index is 12.6. The van der Waals surface area contributed by atoms with Crippen LogP contribution in [0.1, 0.15) is 29.0 Å². The van der Waals surface area contributed by atoms with Gasteiger partial charge in [-0.2, -0.15) is 0 Å². The van der Waals surface area contributed by atoms with Crippen molar-refractivity contribution in [2.45, 2.75) is 25.0 Å². The Morgan fingerprint density at radius 1 is 1.21 bits per heavy atom. The van der Waals surface area contributed by atoms with Gasteiger partial charge in [0.15, 0.2) is 5.76 Å². The highest BCUT2D eigenvalue weighted by Crippen LogP contribution is 2.30. The molecule has 4 heterocycles. The summed E-state index contributed by atoms with van der Waals surface area (Å²) in [6, 6.07) is 5.46. The minimum atomic E-state index is -0.275. The van der Waals surface area contributed by atoms with Crippen LogP contribution < -0.4 is 0 Å². The summed E-state index contributed by atoms with van der Waals surface area (Å²) >= 11 is 0. The number of piperidine rings is 1. The molecule has 1 atom stereocenters. The van der Waals surface area contributed by atoms with Crippen molar-refractivity contribution >= 4 is 5.91 Å². The summed E-state index contributed by atoms with van der Waals surface area (Å²) in [6.07, 6.45) is 6.96. The van der Waals surface area contributed by atoms with E-state index >= 15 is 0 Å². The highest BCUT2D eigenvalue weighted by atomic mass is 16.5.